The van der Waals surface area contributed by atoms with Crippen LogP contribution < -0.4 is 5.32 Å². The second-order valence-corrected chi connectivity index (χ2v) is 7.67. The van der Waals surface area contributed by atoms with Gasteiger partial charge in [-0.05, 0) is 37.1 Å². The zero-order valence-electron chi connectivity index (χ0n) is 15.4. The topological polar surface area (TPSA) is 69.6 Å². The van der Waals surface area contributed by atoms with E-state index in [-0.39, 0.29) is 30.3 Å². The molecule has 1 unspecified atom stereocenters. The molecule has 1 saturated carbocycles. The largest absolute Gasteiger partial charge is 0.481 e. The maximum atomic E-state index is 12.8. The molecule has 2 aromatic carbocycles. The lowest BCUT2D eigenvalue weighted by Gasteiger charge is -2.26. The van der Waals surface area contributed by atoms with E-state index in [0.29, 0.717) is 13.1 Å². The highest BCUT2D eigenvalue weighted by atomic mass is 35.5. The van der Waals surface area contributed by atoms with Gasteiger partial charge in [0.05, 0.1) is 11.5 Å². The van der Waals surface area contributed by atoms with Crippen LogP contribution in [0.5, 0.6) is 0 Å². The van der Waals surface area contributed by atoms with Gasteiger partial charge in [0.25, 0.3) is 0 Å². The molecule has 5 nitrogen and oxygen atoms in total. The summed E-state index contributed by atoms with van der Waals surface area (Å²) in [6.07, 6.45) is 2.64. The average Bonchev–Trinajstić information content (AvgIpc) is 3.20. The van der Waals surface area contributed by atoms with Crippen molar-refractivity contribution in [3.05, 3.63) is 42.5 Å². The van der Waals surface area contributed by atoms with Gasteiger partial charge in [-0.3, -0.25) is 14.5 Å². The molecule has 1 heterocycles. The molecule has 1 amide bonds. The minimum Gasteiger partial charge on any atom is -0.481 e. The van der Waals surface area contributed by atoms with Gasteiger partial charge in [0.1, 0.15) is 0 Å². The highest BCUT2D eigenvalue weighted by Crippen LogP contribution is 2.49. The van der Waals surface area contributed by atoms with E-state index in [4.69, 9.17) is 0 Å². The predicted molar refractivity (Wildman–Crippen MR) is 108 cm³/mol. The molecule has 0 aromatic heterocycles. The molecule has 144 valence electrons. The minimum absolute atomic E-state index is 0. The van der Waals surface area contributed by atoms with Crippen molar-refractivity contribution in [3.63, 3.8) is 0 Å². The van der Waals surface area contributed by atoms with Crippen molar-refractivity contribution in [2.24, 2.45) is 11.3 Å². The summed E-state index contributed by atoms with van der Waals surface area (Å²) in [6, 6.07) is 13.5. The van der Waals surface area contributed by atoms with E-state index in [0.717, 1.165) is 35.7 Å². The number of hydrogen-bond acceptors (Lipinski definition) is 3. The number of fused-ring (bicyclic) bond motifs is 2. The summed E-state index contributed by atoms with van der Waals surface area (Å²) in [5, 5.41) is 14.9. The van der Waals surface area contributed by atoms with Gasteiger partial charge >= 0.3 is 5.97 Å². The van der Waals surface area contributed by atoms with Crippen LogP contribution in [0, 0.1) is 11.3 Å². The predicted octanol–water partition coefficient (Wildman–Crippen LogP) is 3.78. The summed E-state index contributed by atoms with van der Waals surface area (Å²) < 4.78 is 0. The Kier molecular flexibility index (Phi) is 5.45. The number of nitrogens with zero attached hydrogens (tertiary/aromatic N) is 1. The fourth-order valence-corrected chi connectivity index (χ4v) is 4.71. The van der Waals surface area contributed by atoms with E-state index in [2.05, 4.69) is 5.32 Å². The molecule has 3 atom stereocenters. The number of carbonyl (C=O) groups excluding carboxylic acids is 1. The van der Waals surface area contributed by atoms with Gasteiger partial charge in [-0.25, -0.2) is 0 Å². The number of carbonyl (C=O) groups is 2. The third kappa shape index (κ3) is 3.30. The Bertz CT molecular complexity index is 866. The van der Waals surface area contributed by atoms with Gasteiger partial charge in [-0.2, -0.15) is 0 Å². The summed E-state index contributed by atoms with van der Waals surface area (Å²) in [7, 11) is 0. The Morgan fingerprint density at radius 3 is 2.70 bits per heavy atom. The SMILES string of the molecule is CC(C(=O)Nc1cccc2ccccc12)N1C[C@@H]2CCC[C@@]2(C(=O)O)C1.Cl. The van der Waals surface area contributed by atoms with Gasteiger partial charge in [0.15, 0.2) is 0 Å². The summed E-state index contributed by atoms with van der Waals surface area (Å²) in [6.45, 7) is 3.03. The molecule has 1 saturated heterocycles. The van der Waals surface area contributed by atoms with E-state index in [1.807, 2.05) is 54.3 Å². The number of anilines is 1. The number of benzene rings is 2. The van der Waals surface area contributed by atoms with Crippen molar-refractivity contribution in [3.8, 4) is 0 Å². The van der Waals surface area contributed by atoms with Crippen molar-refractivity contribution in [2.45, 2.75) is 32.2 Å². The summed E-state index contributed by atoms with van der Waals surface area (Å²) >= 11 is 0. The summed E-state index contributed by atoms with van der Waals surface area (Å²) in [4.78, 5) is 26.7. The van der Waals surface area contributed by atoms with Crippen LogP contribution in [0.4, 0.5) is 5.69 Å². The molecule has 27 heavy (non-hydrogen) atoms. The summed E-state index contributed by atoms with van der Waals surface area (Å²) in [5.74, 6) is -0.626. The number of carboxylic acid groups (broad SMARTS) is 1. The molecular weight excluding hydrogens is 364 g/mol. The highest BCUT2D eigenvalue weighted by Gasteiger charge is 2.55. The molecular formula is C21H25ClN2O3. The Labute approximate surface area is 165 Å². The molecule has 0 radical (unpaired) electrons. The molecule has 2 fully saturated rings. The first-order valence-corrected chi connectivity index (χ1v) is 9.27. The lowest BCUT2D eigenvalue weighted by Crippen LogP contribution is -2.43. The van der Waals surface area contributed by atoms with Crippen molar-refractivity contribution in [1.82, 2.24) is 4.90 Å². The van der Waals surface area contributed by atoms with Gasteiger partial charge in [0.2, 0.25) is 5.91 Å². The molecule has 2 aliphatic rings. The van der Waals surface area contributed by atoms with E-state index < -0.39 is 11.4 Å². The van der Waals surface area contributed by atoms with Crippen LogP contribution in [-0.2, 0) is 9.59 Å². The smallest absolute Gasteiger partial charge is 0.311 e. The third-order valence-electron chi connectivity index (χ3n) is 6.30. The zero-order valence-corrected chi connectivity index (χ0v) is 16.2. The zero-order chi connectivity index (χ0) is 18.3. The van der Waals surface area contributed by atoms with Crippen LogP contribution in [-0.4, -0.2) is 41.0 Å². The fraction of sp³-hybridized carbons (Fsp3) is 0.429. The maximum Gasteiger partial charge on any atom is 0.311 e. The van der Waals surface area contributed by atoms with E-state index in [1.165, 1.54) is 0 Å². The molecule has 4 rings (SSSR count). The molecule has 1 aliphatic carbocycles. The first kappa shape index (κ1) is 19.6. The van der Waals surface area contributed by atoms with Crippen molar-refractivity contribution in [2.75, 3.05) is 18.4 Å². The van der Waals surface area contributed by atoms with Crippen molar-refractivity contribution < 1.29 is 14.7 Å². The molecule has 0 bridgehead atoms. The number of halogens is 1. The number of nitrogens with one attached hydrogen (secondary N) is 1. The van der Waals surface area contributed by atoms with E-state index in [9.17, 15) is 14.7 Å². The van der Waals surface area contributed by atoms with Crippen LogP contribution in [0.3, 0.4) is 0 Å². The molecule has 1 aliphatic heterocycles. The van der Waals surface area contributed by atoms with E-state index in [1.54, 1.807) is 0 Å². The number of hydrogen-bond donors (Lipinski definition) is 2. The lowest BCUT2D eigenvalue weighted by atomic mass is 9.81. The number of carboxylic acids is 1. The molecule has 2 N–H and O–H groups in total. The Hall–Kier alpha value is -2.11. The first-order chi connectivity index (χ1) is 12.5. The molecule has 0 spiro atoms. The van der Waals surface area contributed by atoms with Gasteiger partial charge in [0, 0.05) is 24.2 Å². The fourth-order valence-electron chi connectivity index (χ4n) is 4.71. The summed E-state index contributed by atoms with van der Waals surface area (Å²) in [5.41, 5.74) is 0.140. The quantitative estimate of drug-likeness (QED) is 0.836. The average molecular weight is 389 g/mol. The Morgan fingerprint density at radius 2 is 1.96 bits per heavy atom. The van der Waals surface area contributed by atoms with Crippen LogP contribution in [0.25, 0.3) is 10.8 Å². The van der Waals surface area contributed by atoms with Crippen LogP contribution >= 0.6 is 12.4 Å². The van der Waals surface area contributed by atoms with Gasteiger partial charge in [-0.1, -0.05) is 42.8 Å². The second kappa shape index (κ2) is 7.49. The number of aliphatic carboxylic acids is 1. The van der Waals surface area contributed by atoms with Crippen molar-refractivity contribution in [1.29, 1.82) is 0 Å². The van der Waals surface area contributed by atoms with Crippen molar-refractivity contribution >= 4 is 40.7 Å². The third-order valence-corrected chi connectivity index (χ3v) is 6.30. The van der Waals surface area contributed by atoms with E-state index >= 15 is 0 Å². The van der Waals surface area contributed by atoms with Crippen LogP contribution in [0.2, 0.25) is 0 Å². The molecule has 6 heteroatoms. The Balaban J connectivity index is 0.00000210. The lowest BCUT2D eigenvalue weighted by molar-refractivity contribution is -0.149. The standard InChI is InChI=1S/C21H24N2O3.ClH/c1-14(23-12-16-8-5-11-21(16,13-23)20(25)26)19(24)22-18-10-4-7-15-6-2-3-9-17(15)18;/h2-4,6-7,9-10,14,16H,5,8,11-13H2,1H3,(H,22,24)(H,25,26);1H/t14?,16-,21+;/m0./s1. The van der Waals surface area contributed by atoms with Crippen LogP contribution in [0.15, 0.2) is 42.5 Å². The number of likely N-dealkylation sites (tertiary alicyclic amines) is 1. The van der Waals surface area contributed by atoms with Crippen LogP contribution in [0.1, 0.15) is 26.2 Å². The first-order valence-electron chi connectivity index (χ1n) is 9.27. The second-order valence-electron chi connectivity index (χ2n) is 7.67. The van der Waals surface area contributed by atoms with Gasteiger partial charge in [-0.15, -0.1) is 12.4 Å². The number of rotatable bonds is 4. The molecule has 2 aromatic rings. The highest BCUT2D eigenvalue weighted by molar-refractivity contribution is 6.03. The van der Waals surface area contributed by atoms with Gasteiger partial charge < -0.3 is 10.4 Å². The monoisotopic (exact) mass is 388 g/mol. The minimum atomic E-state index is -0.704. The number of amides is 1. The normalized spacial score (nSPS) is 25.6. The Morgan fingerprint density at radius 1 is 1.22 bits per heavy atom. The maximum absolute atomic E-state index is 12.8.